The second kappa shape index (κ2) is 7.42. The minimum atomic E-state index is -1.17. The van der Waals surface area contributed by atoms with E-state index >= 15 is 0 Å². The van der Waals surface area contributed by atoms with Crippen LogP contribution in [0.25, 0.3) is 5.57 Å². The number of carboxylic acids is 1. The summed E-state index contributed by atoms with van der Waals surface area (Å²) in [5.74, 6) is -2.13. The van der Waals surface area contributed by atoms with Gasteiger partial charge in [-0.1, -0.05) is 18.2 Å². The molecule has 2 aliphatic rings. The molecule has 0 saturated carbocycles. The van der Waals surface area contributed by atoms with Crippen molar-refractivity contribution >= 4 is 23.4 Å². The summed E-state index contributed by atoms with van der Waals surface area (Å²) in [4.78, 5) is 41.8. The molecule has 3 heterocycles. The number of aryl methyl sites for hydroxylation is 1. The van der Waals surface area contributed by atoms with Gasteiger partial charge in [0.2, 0.25) is 5.91 Å². The van der Waals surface area contributed by atoms with E-state index in [1.54, 1.807) is 43.1 Å². The molecule has 2 aromatic rings. The van der Waals surface area contributed by atoms with Crippen LogP contribution in [0, 0.1) is 5.92 Å². The Labute approximate surface area is 172 Å². The van der Waals surface area contributed by atoms with Crippen molar-refractivity contribution in [3.63, 3.8) is 0 Å². The van der Waals surface area contributed by atoms with Crippen LogP contribution in [0.15, 0.2) is 42.4 Å². The number of carbonyl (C=O) groups excluding carboxylic acids is 2. The quantitative estimate of drug-likeness (QED) is 0.604. The van der Waals surface area contributed by atoms with E-state index < -0.39 is 18.0 Å². The first-order valence-electron chi connectivity index (χ1n) is 9.62. The summed E-state index contributed by atoms with van der Waals surface area (Å²) in [7, 11) is 1.73. The first kappa shape index (κ1) is 19.8. The van der Waals surface area contributed by atoms with Crippen molar-refractivity contribution in [3.05, 3.63) is 59.3 Å². The molecule has 9 nitrogen and oxygen atoms in total. The van der Waals surface area contributed by atoms with Gasteiger partial charge in [-0.2, -0.15) is 0 Å². The highest BCUT2D eigenvalue weighted by Crippen LogP contribution is 2.46. The first-order valence-corrected chi connectivity index (χ1v) is 9.62. The molecule has 0 radical (unpaired) electrons. The Hall–Kier alpha value is -3.46. The van der Waals surface area contributed by atoms with Gasteiger partial charge in [-0.25, -0.2) is 9.78 Å². The van der Waals surface area contributed by atoms with Crippen molar-refractivity contribution in [2.45, 2.75) is 32.0 Å². The van der Waals surface area contributed by atoms with E-state index in [2.05, 4.69) is 10.3 Å². The van der Waals surface area contributed by atoms with Crippen molar-refractivity contribution < 1.29 is 24.6 Å². The molecular formula is C21H22N4O5. The molecule has 1 saturated heterocycles. The Morgan fingerprint density at radius 1 is 1.37 bits per heavy atom. The van der Waals surface area contributed by atoms with Gasteiger partial charge in [0.1, 0.15) is 5.70 Å². The largest absolute Gasteiger partial charge is 0.477 e. The molecule has 0 aliphatic carbocycles. The van der Waals surface area contributed by atoms with Gasteiger partial charge in [-0.3, -0.25) is 9.59 Å². The molecule has 1 aromatic heterocycles. The van der Waals surface area contributed by atoms with E-state index in [0.29, 0.717) is 23.4 Å². The van der Waals surface area contributed by atoms with Crippen LogP contribution in [-0.4, -0.2) is 54.6 Å². The van der Waals surface area contributed by atoms with Gasteiger partial charge >= 0.3 is 5.97 Å². The number of benzene rings is 1. The van der Waals surface area contributed by atoms with Crippen molar-refractivity contribution in [2.75, 3.05) is 0 Å². The van der Waals surface area contributed by atoms with Gasteiger partial charge < -0.3 is 25.0 Å². The van der Waals surface area contributed by atoms with E-state index in [4.69, 9.17) is 0 Å². The summed E-state index contributed by atoms with van der Waals surface area (Å²) in [6.07, 6.45) is 2.76. The van der Waals surface area contributed by atoms with Crippen LogP contribution >= 0.6 is 0 Å². The van der Waals surface area contributed by atoms with E-state index in [0.717, 1.165) is 5.56 Å². The normalized spacial score (nSPS) is 21.3. The predicted molar refractivity (Wildman–Crippen MR) is 106 cm³/mol. The van der Waals surface area contributed by atoms with Crippen LogP contribution in [0.4, 0.5) is 0 Å². The zero-order chi connectivity index (χ0) is 21.6. The molecule has 0 bridgehead atoms. The molecule has 1 fully saturated rings. The topological polar surface area (TPSA) is 125 Å². The van der Waals surface area contributed by atoms with E-state index in [1.165, 1.54) is 4.90 Å². The highest BCUT2D eigenvalue weighted by Gasteiger charge is 2.56. The summed E-state index contributed by atoms with van der Waals surface area (Å²) < 4.78 is 1.62. The number of β-lactam (4-membered cyclic amide) rings is 1. The number of imidazole rings is 1. The molecule has 1 aromatic carbocycles. The fourth-order valence-corrected chi connectivity index (χ4v) is 4.24. The van der Waals surface area contributed by atoms with Crippen LogP contribution in [-0.2, 0) is 23.2 Å². The maximum absolute atomic E-state index is 12.4. The number of hydrogen-bond donors (Lipinski definition) is 3. The summed E-state index contributed by atoms with van der Waals surface area (Å²) in [5, 5.41) is 22.4. The Bertz CT molecular complexity index is 1070. The number of carboxylic acid groups (broad SMARTS) is 1. The second-order valence-electron chi connectivity index (χ2n) is 7.62. The SMILES string of the molecule is C[C@@H](O)[C@H]1C(=O)N2C(C(=O)O)=C(c3cccc(CNC(=O)c4nccn4C)c3)C[C@H]12. The second-order valence-corrected chi connectivity index (χ2v) is 7.62. The third kappa shape index (κ3) is 3.17. The number of nitrogens with zero attached hydrogens (tertiary/aromatic N) is 3. The summed E-state index contributed by atoms with van der Waals surface area (Å²) in [5.41, 5.74) is 2.00. The third-order valence-corrected chi connectivity index (χ3v) is 5.68. The average Bonchev–Trinajstić information content (AvgIpc) is 3.27. The lowest BCUT2D eigenvalue weighted by Crippen LogP contribution is -2.61. The third-order valence-electron chi connectivity index (χ3n) is 5.68. The van der Waals surface area contributed by atoms with Gasteiger partial charge in [0.15, 0.2) is 5.82 Å². The number of hydrogen-bond acceptors (Lipinski definition) is 5. The van der Waals surface area contributed by atoms with Crippen molar-refractivity contribution in [1.82, 2.24) is 19.8 Å². The van der Waals surface area contributed by atoms with Crippen molar-refractivity contribution in [3.8, 4) is 0 Å². The molecule has 4 rings (SSSR count). The van der Waals surface area contributed by atoms with Crippen molar-refractivity contribution in [1.29, 1.82) is 0 Å². The Balaban J connectivity index is 1.56. The van der Waals surface area contributed by atoms with E-state index in [-0.39, 0.29) is 30.1 Å². The monoisotopic (exact) mass is 410 g/mol. The van der Waals surface area contributed by atoms with Crippen LogP contribution in [0.3, 0.4) is 0 Å². The standard InChI is InChI=1S/C21H22N4O5/c1-11(26)16-15-9-14(17(21(29)30)25(15)20(16)28)13-5-3-4-12(8-13)10-23-19(27)18-22-6-7-24(18)2/h3-8,11,15-16,26H,9-10H2,1-2H3,(H,23,27)(H,29,30)/t11-,15-,16-/m1/s1. The summed E-state index contributed by atoms with van der Waals surface area (Å²) >= 11 is 0. The Kier molecular flexibility index (Phi) is 4.90. The van der Waals surface area contributed by atoms with E-state index in [9.17, 15) is 24.6 Å². The average molecular weight is 410 g/mol. The maximum atomic E-state index is 12.4. The highest BCUT2D eigenvalue weighted by molar-refractivity contribution is 6.06. The predicted octanol–water partition coefficient (Wildman–Crippen LogP) is 0.757. The molecule has 156 valence electrons. The summed E-state index contributed by atoms with van der Waals surface area (Å²) in [6.45, 7) is 1.79. The molecule has 0 spiro atoms. The fourth-order valence-electron chi connectivity index (χ4n) is 4.24. The fraction of sp³-hybridized carbons (Fsp3) is 0.333. The number of aliphatic hydroxyl groups excluding tert-OH is 1. The van der Waals surface area contributed by atoms with Crippen LogP contribution < -0.4 is 5.32 Å². The number of rotatable bonds is 6. The molecule has 2 amide bonds. The van der Waals surface area contributed by atoms with Crippen LogP contribution in [0.5, 0.6) is 0 Å². The number of amides is 2. The van der Waals surface area contributed by atoms with Gasteiger partial charge in [0.25, 0.3) is 5.91 Å². The van der Waals surface area contributed by atoms with Gasteiger partial charge in [0.05, 0.1) is 18.1 Å². The first-order chi connectivity index (χ1) is 14.3. The lowest BCUT2D eigenvalue weighted by Gasteiger charge is -2.44. The van der Waals surface area contributed by atoms with E-state index in [1.807, 2.05) is 12.1 Å². The molecular weight excluding hydrogens is 388 g/mol. The molecule has 3 N–H and O–H groups in total. The molecule has 9 heteroatoms. The maximum Gasteiger partial charge on any atom is 0.352 e. The zero-order valence-electron chi connectivity index (χ0n) is 16.6. The number of aliphatic carboxylic acids is 1. The van der Waals surface area contributed by atoms with Gasteiger partial charge in [-0.05, 0) is 36.1 Å². The smallest absolute Gasteiger partial charge is 0.352 e. The molecule has 3 atom stereocenters. The zero-order valence-corrected chi connectivity index (χ0v) is 16.6. The van der Waals surface area contributed by atoms with Crippen molar-refractivity contribution in [2.24, 2.45) is 13.0 Å². The number of aromatic nitrogens is 2. The van der Waals surface area contributed by atoms with Crippen LogP contribution in [0.1, 0.15) is 35.1 Å². The number of nitrogens with one attached hydrogen (secondary N) is 1. The lowest BCUT2D eigenvalue weighted by atomic mass is 9.82. The number of aliphatic hydroxyl groups is 1. The number of fused-ring (bicyclic) bond motifs is 1. The lowest BCUT2D eigenvalue weighted by molar-refractivity contribution is -0.161. The number of carbonyl (C=O) groups is 3. The Morgan fingerprint density at radius 2 is 2.13 bits per heavy atom. The molecule has 0 unspecified atom stereocenters. The minimum absolute atomic E-state index is 0.0314. The van der Waals surface area contributed by atoms with Gasteiger partial charge in [0, 0.05) is 26.0 Å². The minimum Gasteiger partial charge on any atom is -0.477 e. The van der Waals surface area contributed by atoms with Gasteiger partial charge in [-0.15, -0.1) is 0 Å². The highest BCUT2D eigenvalue weighted by atomic mass is 16.4. The molecule has 2 aliphatic heterocycles. The molecule has 30 heavy (non-hydrogen) atoms. The summed E-state index contributed by atoms with van der Waals surface area (Å²) in [6, 6.07) is 6.87. The van der Waals surface area contributed by atoms with Crippen LogP contribution in [0.2, 0.25) is 0 Å². The Morgan fingerprint density at radius 3 is 2.77 bits per heavy atom.